The van der Waals surface area contributed by atoms with Gasteiger partial charge in [0.05, 0.1) is 24.2 Å². The van der Waals surface area contributed by atoms with Crippen molar-refractivity contribution in [3.63, 3.8) is 0 Å². The number of hydrazine groups is 1. The van der Waals surface area contributed by atoms with E-state index in [1.165, 1.54) is 6.07 Å². The van der Waals surface area contributed by atoms with Crippen molar-refractivity contribution in [2.45, 2.75) is 18.9 Å². The lowest BCUT2D eigenvalue weighted by Crippen LogP contribution is -2.48. The van der Waals surface area contributed by atoms with Gasteiger partial charge in [-0.2, -0.15) is 0 Å². The van der Waals surface area contributed by atoms with Crippen molar-refractivity contribution in [1.29, 1.82) is 0 Å². The summed E-state index contributed by atoms with van der Waals surface area (Å²) in [4.78, 5) is 25.2. The molecule has 11 heteroatoms. The van der Waals surface area contributed by atoms with Gasteiger partial charge < -0.3 is 19.7 Å². The molecule has 3 rings (SSSR count). The lowest BCUT2D eigenvalue weighted by molar-refractivity contribution is -0.384. The van der Waals surface area contributed by atoms with Crippen LogP contribution in [0.25, 0.3) is 0 Å². The van der Waals surface area contributed by atoms with E-state index in [0.29, 0.717) is 38.5 Å². The van der Waals surface area contributed by atoms with Crippen molar-refractivity contribution in [2.24, 2.45) is 0 Å². The van der Waals surface area contributed by atoms with E-state index in [9.17, 15) is 14.9 Å². The van der Waals surface area contributed by atoms with Crippen LogP contribution in [-0.4, -0.2) is 61.5 Å². The molecule has 1 amide bonds. The lowest BCUT2D eigenvalue weighted by atomic mass is 10.1. The first-order valence-electron chi connectivity index (χ1n) is 9.11. The normalized spacial score (nSPS) is 19.1. The molecule has 28 heavy (non-hydrogen) atoms. The number of nitrogens with one attached hydrogen (secondary N) is 3. The smallest absolute Gasteiger partial charge is 0.293 e. The zero-order valence-corrected chi connectivity index (χ0v) is 16.1. The molecule has 0 aliphatic carbocycles. The highest BCUT2D eigenvalue weighted by Gasteiger charge is 2.23. The van der Waals surface area contributed by atoms with Gasteiger partial charge in [0.1, 0.15) is 5.69 Å². The molecular weight excluding hydrogens is 386 g/mol. The number of amides is 1. The Hall–Kier alpha value is -2.50. The molecular formula is C17H23N5O5S. The maximum atomic E-state index is 12.3. The van der Waals surface area contributed by atoms with Crippen molar-refractivity contribution in [3.05, 3.63) is 33.9 Å². The molecule has 0 aromatic heterocycles. The monoisotopic (exact) mass is 409 g/mol. The summed E-state index contributed by atoms with van der Waals surface area (Å²) in [6.07, 6.45) is 2.12. The van der Waals surface area contributed by atoms with Gasteiger partial charge in [-0.15, -0.1) is 0 Å². The summed E-state index contributed by atoms with van der Waals surface area (Å²) >= 11 is 5.11. The molecule has 1 atom stereocenters. The van der Waals surface area contributed by atoms with Crippen LogP contribution >= 0.6 is 12.2 Å². The number of nitrogens with zero attached hydrogens (tertiary/aromatic N) is 2. The van der Waals surface area contributed by atoms with Gasteiger partial charge in [0.15, 0.2) is 5.11 Å². The number of nitro benzene ring substituents is 1. The number of morpholine rings is 1. The Morgan fingerprint density at radius 1 is 1.29 bits per heavy atom. The largest absolute Gasteiger partial charge is 0.378 e. The number of nitro groups is 1. The third-order valence-electron chi connectivity index (χ3n) is 4.59. The molecule has 2 heterocycles. The predicted molar refractivity (Wildman–Crippen MR) is 106 cm³/mol. The SMILES string of the molecule is O=C(NNC(=S)NC[C@H]1CCCO1)c1ccc(N2CCOCC2)c([N+](=O)[O-])c1. The lowest BCUT2D eigenvalue weighted by Gasteiger charge is -2.28. The van der Waals surface area contributed by atoms with Gasteiger partial charge in [-0.25, -0.2) is 0 Å². The molecule has 0 radical (unpaired) electrons. The molecule has 1 aromatic rings. The number of hydrogen-bond donors (Lipinski definition) is 3. The van der Waals surface area contributed by atoms with E-state index < -0.39 is 10.8 Å². The summed E-state index contributed by atoms with van der Waals surface area (Å²) in [7, 11) is 0. The summed E-state index contributed by atoms with van der Waals surface area (Å²) in [5.74, 6) is -0.516. The third-order valence-corrected chi connectivity index (χ3v) is 4.84. The van der Waals surface area contributed by atoms with Crippen molar-refractivity contribution in [3.8, 4) is 0 Å². The second-order valence-corrected chi connectivity index (χ2v) is 6.89. The summed E-state index contributed by atoms with van der Waals surface area (Å²) in [6.45, 7) is 3.47. The fourth-order valence-corrected chi connectivity index (χ4v) is 3.26. The molecule has 1 aromatic carbocycles. The fourth-order valence-electron chi connectivity index (χ4n) is 3.12. The fraction of sp³-hybridized carbons (Fsp3) is 0.529. The number of anilines is 1. The Labute approximate surface area is 167 Å². The molecule has 2 aliphatic heterocycles. The summed E-state index contributed by atoms with van der Waals surface area (Å²) < 4.78 is 10.8. The van der Waals surface area contributed by atoms with Gasteiger partial charge >= 0.3 is 0 Å². The van der Waals surface area contributed by atoms with Crippen LogP contribution in [0.2, 0.25) is 0 Å². The van der Waals surface area contributed by atoms with Gasteiger partial charge in [0.25, 0.3) is 11.6 Å². The van der Waals surface area contributed by atoms with Gasteiger partial charge in [-0.3, -0.25) is 25.8 Å². The second kappa shape index (κ2) is 9.62. The molecule has 0 saturated carbocycles. The number of thiocarbonyl (C=S) groups is 1. The minimum absolute atomic E-state index is 0.117. The Morgan fingerprint density at radius 3 is 2.75 bits per heavy atom. The Kier molecular flexibility index (Phi) is 6.95. The molecule has 0 bridgehead atoms. The second-order valence-electron chi connectivity index (χ2n) is 6.48. The van der Waals surface area contributed by atoms with Crippen LogP contribution in [0.4, 0.5) is 11.4 Å². The van der Waals surface area contributed by atoms with E-state index in [0.717, 1.165) is 19.4 Å². The van der Waals surface area contributed by atoms with Crippen molar-refractivity contribution in [2.75, 3.05) is 44.4 Å². The Balaban J connectivity index is 1.57. The minimum atomic E-state index is -0.516. The molecule has 152 valence electrons. The number of rotatable bonds is 5. The summed E-state index contributed by atoms with van der Waals surface area (Å²) in [6, 6.07) is 4.41. The number of benzene rings is 1. The van der Waals surface area contributed by atoms with Crippen LogP contribution in [0, 0.1) is 10.1 Å². The predicted octanol–water partition coefficient (Wildman–Crippen LogP) is 0.719. The molecule has 0 spiro atoms. The average molecular weight is 409 g/mol. The van der Waals surface area contributed by atoms with Gasteiger partial charge in [0.2, 0.25) is 0 Å². The first kappa shape index (κ1) is 20.2. The van der Waals surface area contributed by atoms with Crippen LogP contribution < -0.4 is 21.1 Å². The van der Waals surface area contributed by atoms with Crippen molar-refractivity contribution >= 4 is 34.6 Å². The molecule has 10 nitrogen and oxygen atoms in total. The zero-order chi connectivity index (χ0) is 19.9. The van der Waals surface area contributed by atoms with Crippen molar-refractivity contribution < 1.29 is 19.2 Å². The Bertz CT molecular complexity index is 735. The molecule has 0 unspecified atom stereocenters. The van der Waals surface area contributed by atoms with E-state index in [4.69, 9.17) is 21.7 Å². The van der Waals surface area contributed by atoms with Gasteiger partial charge in [-0.05, 0) is 37.2 Å². The van der Waals surface area contributed by atoms with Crippen LogP contribution in [0.1, 0.15) is 23.2 Å². The molecule has 2 fully saturated rings. The Morgan fingerprint density at radius 2 is 2.07 bits per heavy atom. The highest BCUT2D eigenvalue weighted by Crippen LogP contribution is 2.29. The van der Waals surface area contributed by atoms with E-state index in [1.807, 2.05) is 4.90 Å². The van der Waals surface area contributed by atoms with E-state index in [1.54, 1.807) is 12.1 Å². The van der Waals surface area contributed by atoms with Crippen LogP contribution in [0.3, 0.4) is 0 Å². The van der Waals surface area contributed by atoms with Crippen LogP contribution in [-0.2, 0) is 9.47 Å². The molecule has 2 saturated heterocycles. The number of carbonyl (C=O) groups is 1. The third kappa shape index (κ3) is 5.27. The van der Waals surface area contributed by atoms with E-state index >= 15 is 0 Å². The highest BCUT2D eigenvalue weighted by molar-refractivity contribution is 7.80. The number of hydrogen-bond acceptors (Lipinski definition) is 7. The average Bonchev–Trinajstić information content (AvgIpc) is 3.24. The maximum absolute atomic E-state index is 12.3. The quantitative estimate of drug-likeness (QED) is 0.367. The van der Waals surface area contributed by atoms with E-state index in [2.05, 4.69) is 16.2 Å². The standard InChI is InChI=1S/C17H23N5O5S/c23-16(19-20-17(28)18-11-13-2-1-7-27-13)12-3-4-14(15(10-12)22(24)25)21-5-8-26-9-6-21/h3-4,10,13H,1-2,5-9,11H2,(H,19,23)(H2,18,20,28)/t13-/m1/s1. The van der Waals surface area contributed by atoms with Crippen molar-refractivity contribution in [1.82, 2.24) is 16.2 Å². The number of carbonyl (C=O) groups excluding carboxylic acids is 1. The van der Waals surface area contributed by atoms with Gasteiger partial charge in [-0.1, -0.05) is 0 Å². The van der Waals surface area contributed by atoms with Crippen LogP contribution in [0.5, 0.6) is 0 Å². The summed E-state index contributed by atoms with van der Waals surface area (Å²) in [5.41, 5.74) is 5.58. The number of ether oxygens (including phenoxy) is 2. The highest BCUT2D eigenvalue weighted by atomic mass is 32.1. The minimum Gasteiger partial charge on any atom is -0.378 e. The molecule has 2 aliphatic rings. The molecule has 3 N–H and O–H groups in total. The van der Waals surface area contributed by atoms with Crippen LogP contribution in [0.15, 0.2) is 18.2 Å². The zero-order valence-electron chi connectivity index (χ0n) is 15.3. The first-order valence-corrected chi connectivity index (χ1v) is 9.52. The summed E-state index contributed by atoms with van der Waals surface area (Å²) in [5, 5.41) is 14.7. The van der Waals surface area contributed by atoms with Gasteiger partial charge in [0, 0.05) is 37.9 Å². The van der Waals surface area contributed by atoms with E-state index in [-0.39, 0.29) is 22.5 Å². The first-order chi connectivity index (χ1) is 13.5. The topological polar surface area (TPSA) is 118 Å². The maximum Gasteiger partial charge on any atom is 0.293 e.